The second-order valence-electron chi connectivity index (χ2n) is 6.31. The number of nitrogens with one attached hydrogen (secondary N) is 1. The molecule has 1 amide bonds. The first-order valence-corrected chi connectivity index (χ1v) is 9.55. The highest BCUT2D eigenvalue weighted by Crippen LogP contribution is 2.31. The second kappa shape index (κ2) is 10.7. The van der Waals surface area contributed by atoms with Crippen molar-refractivity contribution in [2.75, 3.05) is 14.2 Å². The maximum Gasteiger partial charge on any atom is 0.248 e. The molecule has 10 heteroatoms. The zero-order valence-corrected chi connectivity index (χ0v) is 18.2. The third-order valence-corrected chi connectivity index (χ3v) is 4.10. The number of ether oxygens (including phenoxy) is 2. The monoisotopic (exact) mass is 415 g/mol. The summed E-state index contributed by atoms with van der Waals surface area (Å²) in [5.74, 6) is -0.495. The Balaban J connectivity index is 0.000000422. The van der Waals surface area contributed by atoms with E-state index in [0.29, 0.717) is 28.6 Å². The predicted molar refractivity (Wildman–Crippen MR) is 107 cm³/mol. The number of aliphatic hydroxyl groups is 1. The topological polar surface area (TPSA) is 111 Å². The Morgan fingerprint density at radius 2 is 2.00 bits per heavy atom. The van der Waals surface area contributed by atoms with Crippen LogP contribution in [-0.2, 0) is 14.3 Å². The fraction of sp³-hybridized carbons (Fsp3) is 0.667. The Hall–Kier alpha value is -1.81. The molecule has 1 fully saturated rings. The Morgan fingerprint density at radius 1 is 1.39 bits per heavy atom. The number of halogens is 1. The van der Waals surface area contributed by atoms with Gasteiger partial charge in [-0.25, -0.2) is 15.0 Å². The molecule has 0 aromatic carbocycles. The van der Waals surface area contributed by atoms with Crippen LogP contribution < -0.4 is 5.32 Å². The molecular formula is C18H30ClN5O4. The van der Waals surface area contributed by atoms with Crippen LogP contribution in [0.25, 0.3) is 11.2 Å². The molecule has 2 aromatic heterocycles. The summed E-state index contributed by atoms with van der Waals surface area (Å²) in [6.45, 7) is 8.92. The maximum atomic E-state index is 11.6. The van der Waals surface area contributed by atoms with Crippen molar-refractivity contribution in [2.24, 2.45) is 0 Å². The summed E-state index contributed by atoms with van der Waals surface area (Å²) in [6.07, 6.45) is 2.33. The van der Waals surface area contributed by atoms with Crippen molar-refractivity contribution in [3.63, 3.8) is 0 Å². The number of carbonyl (C=O) groups excluding carboxylic acids is 1. The van der Waals surface area contributed by atoms with E-state index in [4.69, 9.17) is 21.4 Å². The fourth-order valence-electron chi connectivity index (χ4n) is 2.37. The van der Waals surface area contributed by atoms with Crippen molar-refractivity contribution in [3.8, 4) is 0 Å². The summed E-state index contributed by atoms with van der Waals surface area (Å²) in [4.78, 5) is 24.2. The highest BCUT2D eigenvalue weighted by molar-refractivity contribution is 6.33. The molecule has 0 aliphatic carbocycles. The lowest BCUT2D eigenvalue weighted by Gasteiger charge is -2.14. The average Bonchev–Trinajstić information content (AvgIpc) is 3.29. The van der Waals surface area contributed by atoms with Crippen molar-refractivity contribution in [1.82, 2.24) is 24.8 Å². The van der Waals surface area contributed by atoms with Crippen LogP contribution in [0.15, 0.2) is 6.33 Å². The first-order valence-electron chi connectivity index (χ1n) is 9.17. The van der Waals surface area contributed by atoms with E-state index in [0.717, 1.165) is 6.42 Å². The molecule has 0 radical (unpaired) electrons. The zero-order valence-electron chi connectivity index (χ0n) is 17.5. The molecule has 28 heavy (non-hydrogen) atoms. The molecule has 9 nitrogen and oxygen atoms in total. The molecule has 0 spiro atoms. The zero-order chi connectivity index (χ0) is 21.5. The van der Waals surface area contributed by atoms with Crippen molar-refractivity contribution in [2.45, 2.75) is 65.6 Å². The summed E-state index contributed by atoms with van der Waals surface area (Å²) in [7, 11) is 3.06. The molecule has 1 saturated heterocycles. The van der Waals surface area contributed by atoms with Crippen molar-refractivity contribution < 1.29 is 19.4 Å². The lowest BCUT2D eigenvalue weighted by Crippen LogP contribution is -2.31. The minimum Gasteiger partial charge on any atom is -0.366 e. The minimum atomic E-state index is -0.958. The molecule has 3 rings (SSSR count). The molecule has 2 atom stereocenters. The third-order valence-electron chi connectivity index (χ3n) is 3.84. The van der Waals surface area contributed by atoms with Gasteiger partial charge in [0.1, 0.15) is 23.7 Å². The van der Waals surface area contributed by atoms with Crippen LogP contribution in [0.1, 0.15) is 52.6 Å². The van der Waals surface area contributed by atoms with Crippen LogP contribution in [0, 0.1) is 6.92 Å². The van der Waals surface area contributed by atoms with Crippen molar-refractivity contribution in [3.05, 3.63) is 17.3 Å². The van der Waals surface area contributed by atoms with E-state index in [1.54, 1.807) is 38.7 Å². The van der Waals surface area contributed by atoms with E-state index in [2.05, 4.69) is 25.0 Å². The number of aromatic nitrogens is 4. The predicted octanol–water partition coefficient (Wildman–Crippen LogP) is 2.60. The van der Waals surface area contributed by atoms with Gasteiger partial charge < -0.3 is 19.9 Å². The van der Waals surface area contributed by atoms with E-state index < -0.39 is 11.9 Å². The van der Waals surface area contributed by atoms with Crippen LogP contribution in [0.3, 0.4) is 0 Å². The number of fused-ring (bicyclic) bond motifs is 1. The lowest BCUT2D eigenvalue weighted by molar-refractivity contribution is -0.155. The number of hydrogen-bond acceptors (Lipinski definition) is 7. The third kappa shape index (κ3) is 6.37. The van der Waals surface area contributed by atoms with Gasteiger partial charge in [-0.05, 0) is 33.6 Å². The molecule has 0 bridgehead atoms. The summed E-state index contributed by atoms with van der Waals surface area (Å²) >= 11 is 6.05. The summed E-state index contributed by atoms with van der Waals surface area (Å²) in [5, 5.41) is 11.5. The number of aryl methyl sites for hydroxylation is 1. The summed E-state index contributed by atoms with van der Waals surface area (Å²) < 4.78 is 12.1. The summed E-state index contributed by atoms with van der Waals surface area (Å²) in [6, 6.07) is 0. The largest absolute Gasteiger partial charge is 0.366 e. The van der Waals surface area contributed by atoms with Gasteiger partial charge in [0.15, 0.2) is 16.6 Å². The number of nitrogens with zero attached hydrogens (tertiary/aromatic N) is 4. The van der Waals surface area contributed by atoms with E-state index >= 15 is 0 Å². The van der Waals surface area contributed by atoms with E-state index in [-0.39, 0.29) is 12.1 Å². The number of hydrogen-bond donors (Lipinski definition) is 2. The molecule has 2 aromatic rings. The van der Waals surface area contributed by atoms with Crippen LogP contribution in [0.2, 0.25) is 5.15 Å². The molecule has 158 valence electrons. The Kier molecular flexibility index (Phi) is 9.22. The Bertz CT molecular complexity index is 775. The lowest BCUT2D eigenvalue weighted by atomic mass is 10.2. The average molecular weight is 416 g/mol. The number of rotatable bonds is 3. The van der Waals surface area contributed by atoms with Crippen LogP contribution in [-0.4, -0.2) is 56.6 Å². The van der Waals surface area contributed by atoms with Crippen LogP contribution >= 0.6 is 11.6 Å². The van der Waals surface area contributed by atoms with Gasteiger partial charge in [0, 0.05) is 14.2 Å². The molecule has 3 heterocycles. The van der Waals surface area contributed by atoms with Crippen LogP contribution in [0.4, 0.5) is 0 Å². The number of likely N-dealkylation sites (N-methyl/N-ethyl adjacent to an activating group) is 1. The number of methoxy groups -OCH3 is 1. The van der Waals surface area contributed by atoms with Gasteiger partial charge in [0.05, 0.1) is 6.33 Å². The molecular weight excluding hydrogens is 386 g/mol. The molecule has 1 aliphatic rings. The highest BCUT2D eigenvalue weighted by Gasteiger charge is 2.32. The quantitative estimate of drug-likeness (QED) is 0.585. The molecule has 1 aliphatic heterocycles. The Morgan fingerprint density at radius 3 is 2.54 bits per heavy atom. The number of carbonyl (C=O) groups is 1. The van der Waals surface area contributed by atoms with Gasteiger partial charge in [-0.15, -0.1) is 0 Å². The Labute approximate surface area is 170 Å². The fourth-order valence-corrected chi connectivity index (χ4v) is 2.63. The first kappa shape index (κ1) is 24.2. The molecule has 2 unspecified atom stereocenters. The first-order chi connectivity index (χ1) is 13.2. The van der Waals surface area contributed by atoms with E-state index in [1.165, 1.54) is 7.11 Å². The smallest absolute Gasteiger partial charge is 0.248 e. The van der Waals surface area contributed by atoms with Gasteiger partial charge in [-0.1, -0.05) is 25.4 Å². The van der Waals surface area contributed by atoms with Gasteiger partial charge in [-0.3, -0.25) is 9.36 Å². The number of imidazole rings is 1. The minimum absolute atomic E-state index is 0.110. The van der Waals surface area contributed by atoms with E-state index in [9.17, 15) is 4.79 Å². The second-order valence-corrected chi connectivity index (χ2v) is 6.67. The van der Waals surface area contributed by atoms with E-state index in [1.807, 2.05) is 13.8 Å². The van der Waals surface area contributed by atoms with Crippen molar-refractivity contribution >= 4 is 28.7 Å². The maximum absolute atomic E-state index is 11.6. The molecule has 0 saturated carbocycles. The number of amides is 1. The van der Waals surface area contributed by atoms with Gasteiger partial charge in [0.25, 0.3) is 0 Å². The van der Waals surface area contributed by atoms with Gasteiger partial charge in [-0.2, -0.15) is 0 Å². The standard InChI is InChI=1S/C12H14ClN5O2.C4H10O2.C2H6/c1-6-16-10(13)9-11(17-6)18(5-15-9)8-4-3-7(20-8)12(19)14-2;1-4(2,5)6-3;1-2/h5,7-8H,3-4H2,1-2H3,(H,14,19);5H,1-3H3;1-2H3. The van der Waals surface area contributed by atoms with Crippen molar-refractivity contribution in [1.29, 1.82) is 0 Å². The molecule has 2 N–H and O–H groups in total. The van der Waals surface area contributed by atoms with Gasteiger partial charge in [0.2, 0.25) is 5.91 Å². The normalized spacial score (nSPS) is 18.8. The van der Waals surface area contributed by atoms with Crippen LogP contribution in [0.5, 0.6) is 0 Å². The van der Waals surface area contributed by atoms with Gasteiger partial charge >= 0.3 is 0 Å². The highest BCUT2D eigenvalue weighted by atomic mass is 35.5. The SMILES string of the molecule is CC.CNC(=O)C1CCC(n2cnc3c(Cl)nc(C)nc32)O1.COC(C)(C)O. The summed E-state index contributed by atoms with van der Waals surface area (Å²) in [5.41, 5.74) is 1.18.